The standard InChI is InChI=1S/C15H16BrN3S/c1-15(12-6-2-3-7-13(12)16)10-18-14(17)19(15)9-11-5-4-8-20-11/h2-8H,9-10H2,1H3,(H2,17,18). The van der Waals surface area contributed by atoms with E-state index in [4.69, 9.17) is 5.73 Å². The first-order valence-corrected chi connectivity index (χ1v) is 8.13. The van der Waals surface area contributed by atoms with Crippen LogP contribution < -0.4 is 5.73 Å². The van der Waals surface area contributed by atoms with Crippen LogP contribution in [0.1, 0.15) is 17.4 Å². The third-order valence-corrected chi connectivity index (χ3v) is 5.32. The monoisotopic (exact) mass is 349 g/mol. The molecule has 0 saturated carbocycles. The van der Waals surface area contributed by atoms with Crippen LogP contribution in [0.2, 0.25) is 0 Å². The topological polar surface area (TPSA) is 41.6 Å². The van der Waals surface area contributed by atoms with E-state index in [0.29, 0.717) is 12.5 Å². The van der Waals surface area contributed by atoms with Crippen LogP contribution in [0, 0.1) is 0 Å². The Labute approximate surface area is 131 Å². The normalized spacial score (nSPS) is 22.1. The van der Waals surface area contributed by atoms with E-state index in [9.17, 15) is 0 Å². The zero-order chi connectivity index (χ0) is 14.2. The van der Waals surface area contributed by atoms with Crippen LogP contribution >= 0.6 is 27.3 Å². The molecule has 0 radical (unpaired) electrons. The average molecular weight is 350 g/mol. The van der Waals surface area contributed by atoms with Crippen molar-refractivity contribution >= 4 is 33.2 Å². The fourth-order valence-electron chi connectivity index (χ4n) is 2.60. The molecule has 0 amide bonds. The summed E-state index contributed by atoms with van der Waals surface area (Å²) in [5, 5.41) is 2.09. The lowest BCUT2D eigenvalue weighted by atomic mass is 9.91. The first kappa shape index (κ1) is 13.6. The molecule has 0 fully saturated rings. The predicted octanol–water partition coefficient (Wildman–Crippen LogP) is 3.56. The van der Waals surface area contributed by atoms with Crippen LogP contribution in [-0.4, -0.2) is 17.4 Å². The Morgan fingerprint density at radius 1 is 1.35 bits per heavy atom. The fourth-order valence-corrected chi connectivity index (χ4v) is 4.01. The highest BCUT2D eigenvalue weighted by Gasteiger charge is 2.40. The van der Waals surface area contributed by atoms with Gasteiger partial charge in [0, 0.05) is 9.35 Å². The lowest BCUT2D eigenvalue weighted by Crippen LogP contribution is -2.46. The summed E-state index contributed by atoms with van der Waals surface area (Å²) in [6.07, 6.45) is 0. The van der Waals surface area contributed by atoms with Crippen molar-refractivity contribution < 1.29 is 0 Å². The van der Waals surface area contributed by atoms with E-state index >= 15 is 0 Å². The summed E-state index contributed by atoms with van der Waals surface area (Å²) < 4.78 is 1.10. The average Bonchev–Trinajstić information content (AvgIpc) is 3.04. The van der Waals surface area contributed by atoms with Gasteiger partial charge in [-0.15, -0.1) is 11.3 Å². The number of nitrogens with two attached hydrogens (primary N) is 1. The zero-order valence-corrected chi connectivity index (χ0v) is 13.6. The van der Waals surface area contributed by atoms with Crippen molar-refractivity contribution in [1.82, 2.24) is 4.90 Å². The molecule has 0 spiro atoms. The van der Waals surface area contributed by atoms with Crippen LogP contribution in [0.3, 0.4) is 0 Å². The van der Waals surface area contributed by atoms with Crippen LogP contribution in [0.15, 0.2) is 51.2 Å². The fraction of sp³-hybridized carbons (Fsp3) is 0.267. The van der Waals surface area contributed by atoms with Gasteiger partial charge in [0.15, 0.2) is 5.96 Å². The molecule has 1 aromatic heterocycles. The maximum Gasteiger partial charge on any atom is 0.192 e. The highest BCUT2D eigenvalue weighted by atomic mass is 79.9. The SMILES string of the molecule is CC1(c2ccccc2Br)CN=C(N)N1Cc1cccs1. The summed E-state index contributed by atoms with van der Waals surface area (Å²) in [4.78, 5) is 7.96. The van der Waals surface area contributed by atoms with Gasteiger partial charge in [-0.1, -0.05) is 40.2 Å². The Balaban J connectivity index is 1.97. The van der Waals surface area contributed by atoms with E-state index in [1.807, 2.05) is 6.07 Å². The summed E-state index contributed by atoms with van der Waals surface area (Å²) in [6, 6.07) is 12.5. The molecule has 0 aliphatic carbocycles. The molecule has 1 unspecified atom stereocenters. The smallest absolute Gasteiger partial charge is 0.192 e. The van der Waals surface area contributed by atoms with E-state index in [0.717, 1.165) is 11.0 Å². The molecule has 1 atom stereocenters. The number of rotatable bonds is 3. The van der Waals surface area contributed by atoms with Gasteiger partial charge in [0.2, 0.25) is 0 Å². The molecule has 2 N–H and O–H groups in total. The van der Waals surface area contributed by atoms with Gasteiger partial charge < -0.3 is 10.6 Å². The van der Waals surface area contributed by atoms with E-state index in [2.05, 4.69) is 68.5 Å². The van der Waals surface area contributed by atoms with E-state index in [1.165, 1.54) is 10.4 Å². The largest absolute Gasteiger partial charge is 0.370 e. The minimum atomic E-state index is -0.200. The number of guanidine groups is 1. The molecule has 0 bridgehead atoms. The molecule has 20 heavy (non-hydrogen) atoms. The van der Waals surface area contributed by atoms with Crippen molar-refractivity contribution in [1.29, 1.82) is 0 Å². The summed E-state index contributed by atoms with van der Waals surface area (Å²) >= 11 is 5.40. The molecule has 2 heterocycles. The molecule has 1 aliphatic rings. The molecule has 0 saturated heterocycles. The second-order valence-electron chi connectivity index (χ2n) is 5.09. The van der Waals surface area contributed by atoms with Gasteiger partial charge in [-0.05, 0) is 30.0 Å². The molecule has 2 aromatic rings. The number of halogens is 1. The molecule has 3 rings (SSSR count). The van der Waals surface area contributed by atoms with Crippen LogP contribution in [0.4, 0.5) is 0 Å². The zero-order valence-electron chi connectivity index (χ0n) is 11.2. The Kier molecular flexibility index (Phi) is 3.56. The van der Waals surface area contributed by atoms with Gasteiger partial charge in [0.05, 0.1) is 18.6 Å². The van der Waals surface area contributed by atoms with Crippen molar-refractivity contribution in [2.75, 3.05) is 6.54 Å². The minimum Gasteiger partial charge on any atom is -0.370 e. The minimum absolute atomic E-state index is 0.200. The van der Waals surface area contributed by atoms with Crippen LogP contribution in [-0.2, 0) is 12.1 Å². The Bertz CT molecular complexity index is 638. The number of benzene rings is 1. The van der Waals surface area contributed by atoms with E-state index in [1.54, 1.807) is 11.3 Å². The van der Waals surface area contributed by atoms with Crippen LogP contribution in [0.25, 0.3) is 0 Å². The number of aliphatic imine (C=N–C) groups is 1. The molecule has 104 valence electrons. The molecule has 5 heteroatoms. The van der Waals surface area contributed by atoms with Gasteiger partial charge in [-0.3, -0.25) is 4.99 Å². The first-order chi connectivity index (χ1) is 9.61. The Morgan fingerprint density at radius 3 is 2.85 bits per heavy atom. The summed E-state index contributed by atoms with van der Waals surface area (Å²) in [6.45, 7) is 3.68. The Hall–Kier alpha value is -1.33. The number of nitrogens with zero attached hydrogens (tertiary/aromatic N) is 2. The quantitative estimate of drug-likeness (QED) is 0.920. The van der Waals surface area contributed by atoms with Gasteiger partial charge >= 0.3 is 0 Å². The molecule has 1 aromatic carbocycles. The molecular weight excluding hydrogens is 334 g/mol. The van der Waals surface area contributed by atoms with Crippen molar-refractivity contribution in [2.45, 2.75) is 19.0 Å². The van der Waals surface area contributed by atoms with Crippen LogP contribution in [0.5, 0.6) is 0 Å². The van der Waals surface area contributed by atoms with Crippen molar-refractivity contribution in [2.24, 2.45) is 10.7 Å². The van der Waals surface area contributed by atoms with E-state index in [-0.39, 0.29) is 5.54 Å². The summed E-state index contributed by atoms with van der Waals surface area (Å²) in [5.74, 6) is 0.622. The molecule has 3 nitrogen and oxygen atoms in total. The number of hydrogen-bond donors (Lipinski definition) is 1. The third kappa shape index (κ3) is 2.25. The number of hydrogen-bond acceptors (Lipinski definition) is 4. The van der Waals surface area contributed by atoms with Gasteiger partial charge in [-0.25, -0.2) is 0 Å². The second-order valence-corrected chi connectivity index (χ2v) is 6.98. The van der Waals surface area contributed by atoms with Gasteiger partial charge in [0.25, 0.3) is 0 Å². The highest BCUT2D eigenvalue weighted by Crippen LogP contribution is 2.38. The highest BCUT2D eigenvalue weighted by molar-refractivity contribution is 9.10. The molecule has 1 aliphatic heterocycles. The number of thiophene rings is 1. The lowest BCUT2D eigenvalue weighted by Gasteiger charge is -2.37. The van der Waals surface area contributed by atoms with E-state index < -0.39 is 0 Å². The first-order valence-electron chi connectivity index (χ1n) is 6.46. The maximum absolute atomic E-state index is 6.12. The lowest BCUT2D eigenvalue weighted by molar-refractivity contribution is 0.218. The predicted molar refractivity (Wildman–Crippen MR) is 87.8 cm³/mol. The second kappa shape index (κ2) is 5.22. The summed E-state index contributed by atoms with van der Waals surface area (Å²) in [7, 11) is 0. The van der Waals surface area contributed by atoms with Gasteiger partial charge in [0.1, 0.15) is 0 Å². The van der Waals surface area contributed by atoms with Gasteiger partial charge in [-0.2, -0.15) is 0 Å². The van der Waals surface area contributed by atoms with Crippen molar-refractivity contribution in [3.05, 3.63) is 56.7 Å². The maximum atomic E-state index is 6.12. The third-order valence-electron chi connectivity index (χ3n) is 3.77. The Morgan fingerprint density at radius 2 is 2.15 bits per heavy atom. The molecular formula is C15H16BrN3S. The van der Waals surface area contributed by atoms with Crippen molar-refractivity contribution in [3.63, 3.8) is 0 Å². The summed E-state index contributed by atoms with van der Waals surface area (Å²) in [5.41, 5.74) is 7.15. The van der Waals surface area contributed by atoms with Crippen molar-refractivity contribution in [3.8, 4) is 0 Å².